The first-order valence-electron chi connectivity index (χ1n) is 11.3. The number of carbonyl (C=O) groups is 4. The molecule has 2 aliphatic carbocycles. The SMILES string of the molecule is O=C(O)CCNC=C1C(=O)C=Cc2ccccc21.O=C(O)CCNC=C1C(=O)C=Cc2ccccc21.[Sn].[Sn]. The van der Waals surface area contributed by atoms with E-state index in [1.54, 1.807) is 24.6 Å². The van der Waals surface area contributed by atoms with Crippen molar-refractivity contribution in [1.29, 1.82) is 0 Å². The minimum Gasteiger partial charge on any atom is -0.481 e. The third kappa shape index (κ3) is 9.64. The van der Waals surface area contributed by atoms with Crippen LogP contribution in [0.4, 0.5) is 0 Å². The van der Waals surface area contributed by atoms with Gasteiger partial charge in [0, 0.05) is 84.5 Å². The number of benzene rings is 2. The van der Waals surface area contributed by atoms with Gasteiger partial charge in [-0.25, -0.2) is 0 Å². The Balaban J connectivity index is 0.000000361. The van der Waals surface area contributed by atoms with Crippen molar-refractivity contribution >= 4 is 94.6 Å². The van der Waals surface area contributed by atoms with Crippen LogP contribution in [0.15, 0.2) is 73.1 Å². The van der Waals surface area contributed by atoms with E-state index in [4.69, 9.17) is 10.2 Å². The maximum atomic E-state index is 11.8. The Bertz CT molecular complexity index is 1200. The van der Waals surface area contributed by atoms with Gasteiger partial charge in [0.05, 0.1) is 12.8 Å². The maximum Gasteiger partial charge on any atom is 0.305 e. The molecule has 4 rings (SSSR count). The summed E-state index contributed by atoms with van der Waals surface area (Å²) in [7, 11) is 0. The van der Waals surface area contributed by atoms with Crippen molar-refractivity contribution in [2.24, 2.45) is 0 Å². The number of carboxylic acids is 2. The molecule has 2 aromatic carbocycles. The zero-order valence-corrected chi connectivity index (χ0v) is 26.1. The second kappa shape index (κ2) is 16.7. The Kier molecular flexibility index (Phi) is 14.4. The molecule has 2 aliphatic rings. The van der Waals surface area contributed by atoms with E-state index in [1.165, 1.54) is 12.2 Å². The van der Waals surface area contributed by atoms with Crippen LogP contribution < -0.4 is 10.6 Å². The monoisotopic (exact) mass is 726 g/mol. The van der Waals surface area contributed by atoms with E-state index in [2.05, 4.69) is 10.6 Å². The fraction of sp³-hybridized carbons (Fsp3) is 0.143. The van der Waals surface area contributed by atoms with Gasteiger partial charge in [0.15, 0.2) is 11.6 Å². The zero-order valence-electron chi connectivity index (χ0n) is 20.4. The van der Waals surface area contributed by atoms with Crippen molar-refractivity contribution in [3.05, 3.63) is 95.3 Å². The molecule has 0 spiro atoms. The second-order valence-corrected chi connectivity index (χ2v) is 7.88. The van der Waals surface area contributed by atoms with E-state index < -0.39 is 11.9 Å². The van der Waals surface area contributed by atoms with Crippen molar-refractivity contribution < 1.29 is 29.4 Å². The van der Waals surface area contributed by atoms with E-state index >= 15 is 0 Å². The van der Waals surface area contributed by atoms with Crippen molar-refractivity contribution in [2.45, 2.75) is 12.8 Å². The number of carboxylic acid groups (broad SMARTS) is 2. The van der Waals surface area contributed by atoms with Crippen molar-refractivity contribution in [1.82, 2.24) is 10.6 Å². The first-order chi connectivity index (χ1) is 17.4. The number of aliphatic carboxylic acids is 2. The number of allylic oxidation sites excluding steroid dienone is 4. The van der Waals surface area contributed by atoms with Crippen LogP contribution in [-0.2, 0) is 19.2 Å². The summed E-state index contributed by atoms with van der Waals surface area (Å²) in [5.74, 6) is -1.87. The maximum absolute atomic E-state index is 11.8. The second-order valence-electron chi connectivity index (χ2n) is 7.88. The molecule has 0 amide bonds. The molecule has 10 heteroatoms. The number of hydrogen-bond acceptors (Lipinski definition) is 6. The summed E-state index contributed by atoms with van der Waals surface area (Å²) in [6, 6.07) is 15.2. The largest absolute Gasteiger partial charge is 0.481 e. The predicted octanol–water partition coefficient (Wildman–Crippen LogP) is 2.61. The number of fused-ring (bicyclic) bond motifs is 2. The normalized spacial score (nSPS) is 14.7. The molecule has 8 radical (unpaired) electrons. The van der Waals surface area contributed by atoms with Crippen LogP contribution in [0.25, 0.3) is 23.3 Å². The molecule has 38 heavy (non-hydrogen) atoms. The van der Waals surface area contributed by atoms with Crippen LogP contribution in [-0.4, -0.2) is 94.6 Å². The smallest absolute Gasteiger partial charge is 0.305 e. The summed E-state index contributed by atoms with van der Waals surface area (Å²) < 4.78 is 0. The molecular weight excluding hydrogens is 698 g/mol. The third-order valence-electron chi connectivity index (χ3n) is 5.32. The van der Waals surface area contributed by atoms with Crippen LogP contribution in [0.5, 0.6) is 0 Å². The van der Waals surface area contributed by atoms with Gasteiger partial charge in [-0.2, -0.15) is 0 Å². The van der Waals surface area contributed by atoms with Gasteiger partial charge in [0.1, 0.15) is 0 Å². The molecule has 0 aromatic heterocycles. The molecule has 0 saturated carbocycles. The van der Waals surface area contributed by atoms with Crippen molar-refractivity contribution in [3.63, 3.8) is 0 Å². The Morgan fingerprint density at radius 2 is 1.00 bits per heavy atom. The summed E-state index contributed by atoms with van der Waals surface area (Å²) in [6.45, 7) is 0.607. The van der Waals surface area contributed by atoms with Crippen LogP contribution in [0.3, 0.4) is 0 Å². The predicted molar refractivity (Wildman–Crippen MR) is 149 cm³/mol. The molecule has 0 fully saturated rings. The van der Waals surface area contributed by atoms with E-state index in [-0.39, 0.29) is 72.2 Å². The molecular formula is C28H26N2O6Sn2. The van der Waals surface area contributed by atoms with Gasteiger partial charge in [-0.3, -0.25) is 19.2 Å². The molecule has 0 bridgehead atoms. The number of rotatable bonds is 8. The van der Waals surface area contributed by atoms with Crippen LogP contribution >= 0.6 is 0 Å². The number of nitrogens with one attached hydrogen (secondary N) is 2. The molecule has 0 unspecified atom stereocenters. The molecule has 0 atom stereocenters. The van der Waals surface area contributed by atoms with Crippen molar-refractivity contribution in [3.8, 4) is 0 Å². The Labute approximate surface area is 254 Å². The third-order valence-corrected chi connectivity index (χ3v) is 5.32. The molecule has 4 N–H and O–H groups in total. The standard InChI is InChI=1S/2C14H13NO3.2Sn/c2*16-13-6-5-10-3-1-2-4-11(10)12(13)9-15-8-7-14(17)18;;/h2*1-6,9,15H,7-8H2,(H,17,18);;. The summed E-state index contributed by atoms with van der Waals surface area (Å²) in [5.41, 5.74) is 4.85. The summed E-state index contributed by atoms with van der Waals surface area (Å²) in [6.07, 6.45) is 9.84. The van der Waals surface area contributed by atoms with E-state index in [1.807, 2.05) is 48.5 Å². The quantitative estimate of drug-likeness (QED) is 0.186. The Morgan fingerprint density at radius 3 is 1.37 bits per heavy atom. The van der Waals surface area contributed by atoms with Gasteiger partial charge >= 0.3 is 11.9 Å². The number of carbonyl (C=O) groups excluding carboxylic acids is 2. The van der Waals surface area contributed by atoms with Gasteiger partial charge in [0.2, 0.25) is 0 Å². The summed E-state index contributed by atoms with van der Waals surface area (Å²) >= 11 is 0. The first kappa shape index (κ1) is 32.9. The van der Waals surface area contributed by atoms with Crippen LogP contribution in [0.2, 0.25) is 0 Å². The molecule has 0 heterocycles. The average molecular weight is 724 g/mol. The Hall–Kier alpha value is -3.12. The molecule has 192 valence electrons. The fourth-order valence-corrected chi connectivity index (χ4v) is 3.56. The number of ketones is 2. The Morgan fingerprint density at radius 1 is 0.632 bits per heavy atom. The van der Waals surface area contributed by atoms with Gasteiger partial charge in [0.25, 0.3) is 0 Å². The molecule has 0 aliphatic heterocycles. The van der Waals surface area contributed by atoms with Crippen LogP contribution in [0, 0.1) is 0 Å². The fourth-order valence-electron chi connectivity index (χ4n) is 3.56. The minimum atomic E-state index is -0.865. The minimum absolute atomic E-state index is 0. The number of hydrogen-bond donors (Lipinski definition) is 4. The molecule has 8 nitrogen and oxygen atoms in total. The zero-order chi connectivity index (χ0) is 25.9. The topological polar surface area (TPSA) is 133 Å². The van der Waals surface area contributed by atoms with Gasteiger partial charge in [-0.1, -0.05) is 60.7 Å². The summed E-state index contributed by atoms with van der Waals surface area (Å²) in [5, 5.41) is 22.8. The van der Waals surface area contributed by atoms with E-state index in [0.29, 0.717) is 24.2 Å². The average Bonchev–Trinajstić information content (AvgIpc) is 2.86. The first-order valence-corrected chi connectivity index (χ1v) is 11.3. The van der Waals surface area contributed by atoms with Crippen LogP contribution in [0.1, 0.15) is 35.1 Å². The molecule has 0 saturated heterocycles. The van der Waals surface area contributed by atoms with Gasteiger partial charge in [-0.15, -0.1) is 0 Å². The van der Waals surface area contributed by atoms with E-state index in [0.717, 1.165) is 22.3 Å². The van der Waals surface area contributed by atoms with Gasteiger partial charge < -0.3 is 20.8 Å². The van der Waals surface area contributed by atoms with Crippen molar-refractivity contribution in [2.75, 3.05) is 13.1 Å². The van der Waals surface area contributed by atoms with E-state index in [9.17, 15) is 19.2 Å². The molecule has 2 aromatic rings. The summed E-state index contributed by atoms with van der Waals surface area (Å²) in [4.78, 5) is 44.3. The van der Waals surface area contributed by atoms with Gasteiger partial charge in [-0.05, 0) is 34.4 Å².